The molecule has 0 fully saturated rings. The number of thioether (sulfide) groups is 1. The minimum absolute atomic E-state index is 0.196. The summed E-state index contributed by atoms with van der Waals surface area (Å²) in [4.78, 5) is 1.40. The lowest BCUT2D eigenvalue weighted by atomic mass is 10.0. The SMILES string of the molecule is C#CC(CC)NC1CCSc2ccccc21. The van der Waals surface area contributed by atoms with Crippen LogP contribution in [0.2, 0.25) is 0 Å². The molecular weight excluding hydrogens is 214 g/mol. The van der Waals surface area contributed by atoms with Crippen molar-refractivity contribution in [3.8, 4) is 12.3 Å². The summed E-state index contributed by atoms with van der Waals surface area (Å²) < 4.78 is 0. The minimum Gasteiger partial charge on any atom is -0.297 e. The third-order valence-electron chi connectivity index (χ3n) is 2.97. The Labute approximate surface area is 102 Å². The molecule has 2 rings (SSSR count). The van der Waals surface area contributed by atoms with Crippen molar-refractivity contribution in [3.05, 3.63) is 29.8 Å². The molecule has 1 aromatic carbocycles. The highest BCUT2D eigenvalue weighted by Gasteiger charge is 2.21. The van der Waals surface area contributed by atoms with E-state index in [1.54, 1.807) is 0 Å². The van der Waals surface area contributed by atoms with Crippen LogP contribution in [0.5, 0.6) is 0 Å². The molecule has 1 N–H and O–H groups in total. The molecule has 1 aliphatic rings. The molecule has 0 amide bonds. The van der Waals surface area contributed by atoms with E-state index in [2.05, 4.69) is 42.4 Å². The fourth-order valence-corrected chi connectivity index (χ4v) is 3.17. The van der Waals surface area contributed by atoms with Crippen LogP contribution in [0.1, 0.15) is 31.4 Å². The van der Waals surface area contributed by atoms with Crippen LogP contribution in [-0.2, 0) is 0 Å². The number of hydrogen-bond acceptors (Lipinski definition) is 2. The average Bonchev–Trinajstić information content (AvgIpc) is 2.36. The molecule has 84 valence electrons. The van der Waals surface area contributed by atoms with Gasteiger partial charge in [-0.05, 0) is 30.2 Å². The maximum absolute atomic E-state index is 5.50. The van der Waals surface area contributed by atoms with E-state index in [0.717, 1.165) is 6.42 Å². The normalized spacial score (nSPS) is 20.9. The van der Waals surface area contributed by atoms with Crippen molar-refractivity contribution in [1.29, 1.82) is 0 Å². The molecule has 0 aromatic heterocycles. The van der Waals surface area contributed by atoms with Crippen LogP contribution in [0.25, 0.3) is 0 Å². The van der Waals surface area contributed by atoms with Gasteiger partial charge in [-0.25, -0.2) is 0 Å². The van der Waals surface area contributed by atoms with Crippen LogP contribution in [0.4, 0.5) is 0 Å². The zero-order valence-corrected chi connectivity index (χ0v) is 10.4. The molecule has 0 saturated carbocycles. The van der Waals surface area contributed by atoms with Crippen LogP contribution in [0.3, 0.4) is 0 Å². The Morgan fingerprint density at radius 3 is 3.12 bits per heavy atom. The molecule has 1 aliphatic heterocycles. The first-order chi connectivity index (χ1) is 7.85. The van der Waals surface area contributed by atoms with Gasteiger partial charge in [-0.1, -0.05) is 31.0 Å². The van der Waals surface area contributed by atoms with Gasteiger partial charge in [0.05, 0.1) is 6.04 Å². The largest absolute Gasteiger partial charge is 0.297 e. The van der Waals surface area contributed by atoms with Crippen LogP contribution in [-0.4, -0.2) is 11.8 Å². The Bertz CT molecular complexity index is 394. The van der Waals surface area contributed by atoms with E-state index in [9.17, 15) is 0 Å². The number of hydrogen-bond donors (Lipinski definition) is 1. The van der Waals surface area contributed by atoms with Gasteiger partial charge < -0.3 is 0 Å². The molecule has 0 spiro atoms. The lowest BCUT2D eigenvalue weighted by Crippen LogP contribution is -2.33. The smallest absolute Gasteiger partial charge is 0.0689 e. The first kappa shape index (κ1) is 11.6. The fraction of sp³-hybridized carbons (Fsp3) is 0.429. The second-order valence-corrected chi connectivity index (χ2v) is 5.16. The Balaban J connectivity index is 2.16. The molecule has 1 aromatic rings. The Morgan fingerprint density at radius 1 is 1.56 bits per heavy atom. The van der Waals surface area contributed by atoms with Gasteiger partial charge in [0.25, 0.3) is 0 Å². The van der Waals surface area contributed by atoms with Crippen molar-refractivity contribution in [2.75, 3.05) is 5.75 Å². The number of terminal acetylenes is 1. The summed E-state index contributed by atoms with van der Waals surface area (Å²) in [6, 6.07) is 9.25. The average molecular weight is 231 g/mol. The van der Waals surface area contributed by atoms with Gasteiger partial charge in [-0.15, -0.1) is 18.2 Å². The highest BCUT2D eigenvalue weighted by molar-refractivity contribution is 7.99. The van der Waals surface area contributed by atoms with Crippen molar-refractivity contribution in [2.24, 2.45) is 0 Å². The lowest BCUT2D eigenvalue weighted by Gasteiger charge is -2.28. The van der Waals surface area contributed by atoms with Crippen LogP contribution in [0, 0.1) is 12.3 Å². The fourth-order valence-electron chi connectivity index (χ4n) is 2.04. The van der Waals surface area contributed by atoms with Gasteiger partial charge in [0.15, 0.2) is 0 Å². The topological polar surface area (TPSA) is 12.0 Å². The third-order valence-corrected chi connectivity index (χ3v) is 4.09. The van der Waals surface area contributed by atoms with Crippen molar-refractivity contribution in [2.45, 2.75) is 36.7 Å². The predicted molar refractivity (Wildman–Crippen MR) is 70.6 cm³/mol. The number of fused-ring (bicyclic) bond motifs is 1. The van der Waals surface area contributed by atoms with Gasteiger partial charge in [0.1, 0.15) is 0 Å². The summed E-state index contributed by atoms with van der Waals surface area (Å²) in [5.41, 5.74) is 1.41. The van der Waals surface area contributed by atoms with Crippen molar-refractivity contribution < 1.29 is 0 Å². The lowest BCUT2D eigenvalue weighted by molar-refractivity contribution is 0.465. The number of benzene rings is 1. The maximum atomic E-state index is 5.50. The Morgan fingerprint density at radius 2 is 2.38 bits per heavy atom. The van der Waals surface area contributed by atoms with Crippen LogP contribution in [0.15, 0.2) is 29.2 Å². The van der Waals surface area contributed by atoms with Gasteiger partial charge in [-0.2, -0.15) is 0 Å². The molecule has 0 bridgehead atoms. The molecule has 1 nitrogen and oxygen atoms in total. The van der Waals surface area contributed by atoms with E-state index in [1.165, 1.54) is 22.6 Å². The zero-order chi connectivity index (χ0) is 11.4. The first-order valence-electron chi connectivity index (χ1n) is 5.79. The van der Waals surface area contributed by atoms with Gasteiger partial charge in [0.2, 0.25) is 0 Å². The Kier molecular flexibility index (Phi) is 3.93. The van der Waals surface area contributed by atoms with E-state index in [-0.39, 0.29) is 6.04 Å². The third kappa shape index (κ3) is 2.42. The van der Waals surface area contributed by atoms with Crippen LogP contribution >= 0.6 is 11.8 Å². The molecule has 16 heavy (non-hydrogen) atoms. The molecule has 2 atom stereocenters. The summed E-state index contributed by atoms with van der Waals surface area (Å²) in [5, 5.41) is 3.56. The molecule has 0 radical (unpaired) electrons. The number of rotatable bonds is 3. The van der Waals surface area contributed by atoms with E-state index < -0.39 is 0 Å². The monoisotopic (exact) mass is 231 g/mol. The highest BCUT2D eigenvalue weighted by atomic mass is 32.2. The van der Waals surface area contributed by atoms with E-state index in [1.807, 2.05) is 11.8 Å². The van der Waals surface area contributed by atoms with Crippen molar-refractivity contribution >= 4 is 11.8 Å². The Hall–Kier alpha value is -0.910. The second kappa shape index (κ2) is 5.43. The van der Waals surface area contributed by atoms with Crippen molar-refractivity contribution in [1.82, 2.24) is 5.32 Å². The van der Waals surface area contributed by atoms with Crippen LogP contribution < -0.4 is 5.32 Å². The standard InChI is InChI=1S/C14H17NS/c1-3-11(4-2)15-13-9-10-16-14-8-6-5-7-12(13)14/h1,5-8,11,13,15H,4,9-10H2,2H3. The molecule has 2 unspecified atom stereocenters. The summed E-state index contributed by atoms with van der Waals surface area (Å²) in [5.74, 6) is 3.99. The summed E-state index contributed by atoms with van der Waals surface area (Å²) in [6.45, 7) is 2.13. The van der Waals surface area contributed by atoms with E-state index >= 15 is 0 Å². The summed E-state index contributed by atoms with van der Waals surface area (Å²) in [6.07, 6.45) is 7.66. The minimum atomic E-state index is 0.196. The molecule has 0 aliphatic carbocycles. The highest BCUT2D eigenvalue weighted by Crippen LogP contribution is 2.35. The quantitative estimate of drug-likeness (QED) is 0.802. The van der Waals surface area contributed by atoms with Crippen molar-refractivity contribution in [3.63, 3.8) is 0 Å². The molecule has 0 saturated heterocycles. The molecular formula is C14H17NS. The molecule has 2 heteroatoms. The molecule has 1 heterocycles. The number of nitrogens with one attached hydrogen (secondary N) is 1. The summed E-state index contributed by atoms with van der Waals surface area (Å²) in [7, 11) is 0. The van der Waals surface area contributed by atoms with Gasteiger partial charge >= 0.3 is 0 Å². The van der Waals surface area contributed by atoms with E-state index in [4.69, 9.17) is 6.42 Å². The summed E-state index contributed by atoms with van der Waals surface area (Å²) >= 11 is 1.94. The van der Waals surface area contributed by atoms with Gasteiger partial charge in [-0.3, -0.25) is 5.32 Å². The first-order valence-corrected chi connectivity index (χ1v) is 6.77. The van der Waals surface area contributed by atoms with E-state index in [0.29, 0.717) is 6.04 Å². The second-order valence-electron chi connectivity index (χ2n) is 4.02. The predicted octanol–water partition coefficient (Wildman–Crippen LogP) is 3.22. The maximum Gasteiger partial charge on any atom is 0.0689 e. The zero-order valence-electron chi connectivity index (χ0n) is 9.57. The van der Waals surface area contributed by atoms with Gasteiger partial charge in [0, 0.05) is 10.9 Å².